The van der Waals surface area contributed by atoms with Crippen molar-refractivity contribution in [3.63, 3.8) is 0 Å². The van der Waals surface area contributed by atoms with Gasteiger partial charge in [0.05, 0.1) is 13.2 Å². The van der Waals surface area contributed by atoms with Crippen LogP contribution in [0.15, 0.2) is 0 Å². The molecule has 7 nitrogen and oxygen atoms in total. The van der Waals surface area contributed by atoms with Gasteiger partial charge in [-0.05, 0) is 59.2 Å². The summed E-state index contributed by atoms with van der Waals surface area (Å²) in [5.74, 6) is -0.0927. The first kappa shape index (κ1) is 25.8. The average molecular weight is 430 g/mol. The van der Waals surface area contributed by atoms with Crippen molar-refractivity contribution in [2.45, 2.75) is 103 Å². The summed E-state index contributed by atoms with van der Waals surface area (Å²) >= 11 is 0. The molecule has 1 aliphatic heterocycles. The number of carbonyl (C=O) groups is 3. The Morgan fingerprint density at radius 2 is 1.69 bits per heavy atom. The van der Waals surface area contributed by atoms with Crippen molar-refractivity contribution in [3.8, 4) is 0 Å². The van der Waals surface area contributed by atoms with Crippen molar-refractivity contribution in [1.82, 2.24) is 4.90 Å². The fourth-order valence-electron chi connectivity index (χ4n) is 2.91. The fraction of sp³-hybridized carbons (Fsp3) is 0.857. The van der Waals surface area contributed by atoms with E-state index >= 15 is 0 Å². The van der Waals surface area contributed by atoms with E-state index in [-0.39, 0.29) is 36.9 Å². The first-order valence-corrected chi connectivity index (χ1v) is 13.1. The highest BCUT2D eigenvalue weighted by atomic mass is 28.4. The van der Waals surface area contributed by atoms with Crippen LogP contribution in [0.3, 0.4) is 0 Å². The summed E-state index contributed by atoms with van der Waals surface area (Å²) in [6, 6.07) is 0. The number of ketones is 1. The molecule has 29 heavy (non-hydrogen) atoms. The molecule has 1 heterocycles. The number of nitrogens with zero attached hydrogens (tertiary/aromatic N) is 1. The second-order valence-corrected chi connectivity index (χ2v) is 15.7. The fourth-order valence-corrected chi connectivity index (χ4v) is 3.87. The lowest BCUT2D eigenvalue weighted by molar-refractivity contribution is -0.124. The molecule has 168 valence electrons. The van der Waals surface area contributed by atoms with Crippen molar-refractivity contribution < 1.29 is 28.3 Å². The standard InChI is InChI=1S/C21H39NO6Si/c1-18(2,3)28-17(25)22-20(7,8)26-15-21(22,14-23)12-11-16(24)13-27-29(9,10)19(4,5)6/h14H,11-13,15H2,1-10H3/t21-/m0/s1. The quantitative estimate of drug-likeness (QED) is 0.443. The van der Waals surface area contributed by atoms with Gasteiger partial charge in [-0.2, -0.15) is 0 Å². The molecule has 1 amide bonds. The highest BCUT2D eigenvalue weighted by Crippen LogP contribution is 2.39. The van der Waals surface area contributed by atoms with Crippen LogP contribution in [0.25, 0.3) is 0 Å². The van der Waals surface area contributed by atoms with Crippen LogP contribution in [0.2, 0.25) is 18.1 Å². The summed E-state index contributed by atoms with van der Waals surface area (Å²) in [5.41, 5.74) is -2.96. The predicted molar refractivity (Wildman–Crippen MR) is 114 cm³/mol. The molecule has 0 aromatic heterocycles. The van der Waals surface area contributed by atoms with E-state index in [1.165, 1.54) is 4.90 Å². The van der Waals surface area contributed by atoms with Gasteiger partial charge in [0.2, 0.25) is 0 Å². The van der Waals surface area contributed by atoms with Gasteiger partial charge in [0.15, 0.2) is 14.1 Å². The molecule has 0 radical (unpaired) electrons. The minimum absolute atomic E-state index is 0.00806. The lowest BCUT2D eigenvalue weighted by atomic mass is 9.93. The summed E-state index contributed by atoms with van der Waals surface area (Å²) in [6.45, 7) is 19.3. The zero-order valence-corrected chi connectivity index (χ0v) is 20.8. The van der Waals surface area contributed by atoms with E-state index in [2.05, 4.69) is 33.9 Å². The normalized spacial score (nSPS) is 22.5. The summed E-state index contributed by atoms with van der Waals surface area (Å²) < 4.78 is 17.2. The van der Waals surface area contributed by atoms with E-state index in [0.717, 1.165) is 0 Å². The van der Waals surface area contributed by atoms with Gasteiger partial charge in [-0.15, -0.1) is 0 Å². The number of hydrogen-bond donors (Lipinski definition) is 0. The third-order valence-corrected chi connectivity index (χ3v) is 10.2. The Balaban J connectivity index is 2.89. The van der Waals surface area contributed by atoms with Gasteiger partial charge in [-0.3, -0.25) is 9.69 Å². The van der Waals surface area contributed by atoms with Crippen LogP contribution >= 0.6 is 0 Å². The summed E-state index contributed by atoms with van der Waals surface area (Å²) in [5, 5.41) is 0.00806. The SMILES string of the molecule is CC(C)(C)OC(=O)N1C(C)(C)OC[C@@]1(C=O)CCC(=O)CO[Si](C)(C)C(C)(C)C. The summed E-state index contributed by atoms with van der Waals surface area (Å²) in [6.07, 6.45) is 0.357. The molecule has 0 unspecified atom stereocenters. The van der Waals surface area contributed by atoms with Crippen LogP contribution < -0.4 is 0 Å². The molecule has 1 aliphatic rings. The maximum atomic E-state index is 12.8. The molecular formula is C21H39NO6Si. The molecule has 1 atom stereocenters. The largest absolute Gasteiger partial charge is 0.444 e. The van der Waals surface area contributed by atoms with Crippen LogP contribution in [0.1, 0.15) is 68.2 Å². The van der Waals surface area contributed by atoms with Gasteiger partial charge in [0.25, 0.3) is 0 Å². The van der Waals surface area contributed by atoms with E-state index in [4.69, 9.17) is 13.9 Å². The number of ether oxygens (including phenoxy) is 2. The molecule has 8 heteroatoms. The monoisotopic (exact) mass is 429 g/mol. The Hall–Kier alpha value is -1.25. The van der Waals surface area contributed by atoms with Crippen molar-refractivity contribution in [1.29, 1.82) is 0 Å². The Morgan fingerprint density at radius 3 is 2.14 bits per heavy atom. The smallest absolute Gasteiger partial charge is 0.413 e. The zero-order chi connectivity index (χ0) is 22.9. The van der Waals surface area contributed by atoms with Gasteiger partial charge in [-0.1, -0.05) is 20.8 Å². The molecule has 0 aromatic rings. The van der Waals surface area contributed by atoms with Crippen LogP contribution in [0.5, 0.6) is 0 Å². The third kappa shape index (κ3) is 6.36. The molecule has 0 N–H and O–H groups in total. The van der Waals surface area contributed by atoms with Crippen molar-refractivity contribution in [2.75, 3.05) is 13.2 Å². The molecule has 0 bridgehead atoms. The number of hydrogen-bond acceptors (Lipinski definition) is 6. The molecule has 1 saturated heterocycles. The van der Waals surface area contributed by atoms with E-state index < -0.39 is 31.3 Å². The number of amides is 1. The minimum Gasteiger partial charge on any atom is -0.444 e. The summed E-state index contributed by atoms with van der Waals surface area (Å²) in [4.78, 5) is 38.8. The van der Waals surface area contributed by atoms with E-state index in [1.54, 1.807) is 34.6 Å². The predicted octanol–water partition coefficient (Wildman–Crippen LogP) is 4.30. The maximum Gasteiger partial charge on any atom is 0.413 e. The van der Waals surface area contributed by atoms with Gasteiger partial charge < -0.3 is 18.7 Å². The second kappa shape index (κ2) is 8.47. The number of rotatable bonds is 7. The highest BCUT2D eigenvalue weighted by molar-refractivity contribution is 6.74. The Morgan fingerprint density at radius 1 is 1.14 bits per heavy atom. The topological polar surface area (TPSA) is 82.1 Å². The van der Waals surface area contributed by atoms with Gasteiger partial charge >= 0.3 is 6.09 Å². The Kier molecular flexibility index (Phi) is 7.53. The van der Waals surface area contributed by atoms with Crippen LogP contribution in [-0.2, 0) is 23.5 Å². The van der Waals surface area contributed by atoms with Crippen LogP contribution in [-0.4, -0.2) is 61.5 Å². The third-order valence-electron chi connectivity index (χ3n) is 5.69. The minimum atomic E-state index is -2.04. The lowest BCUT2D eigenvalue weighted by Gasteiger charge is -2.39. The number of Topliss-reactive ketones (excluding diaryl/α,β-unsaturated/α-hetero) is 1. The van der Waals surface area contributed by atoms with Crippen molar-refractivity contribution >= 4 is 26.5 Å². The average Bonchev–Trinajstić information content (AvgIpc) is 2.80. The summed E-state index contributed by atoms with van der Waals surface area (Å²) in [7, 11) is -2.04. The number of aldehydes is 1. The second-order valence-electron chi connectivity index (χ2n) is 10.9. The molecule has 0 saturated carbocycles. The molecule has 0 aromatic carbocycles. The van der Waals surface area contributed by atoms with Gasteiger partial charge in [-0.25, -0.2) is 4.79 Å². The molecule has 0 aliphatic carbocycles. The zero-order valence-electron chi connectivity index (χ0n) is 19.8. The highest BCUT2D eigenvalue weighted by Gasteiger charge is 2.55. The lowest BCUT2D eigenvalue weighted by Crippen LogP contribution is -2.58. The molecular weight excluding hydrogens is 390 g/mol. The van der Waals surface area contributed by atoms with E-state index in [1.807, 2.05) is 0 Å². The van der Waals surface area contributed by atoms with Crippen molar-refractivity contribution in [2.24, 2.45) is 0 Å². The molecule has 1 rings (SSSR count). The molecule has 0 spiro atoms. The molecule has 1 fully saturated rings. The van der Waals surface area contributed by atoms with Gasteiger partial charge in [0.1, 0.15) is 23.2 Å². The van der Waals surface area contributed by atoms with Crippen LogP contribution in [0.4, 0.5) is 4.79 Å². The van der Waals surface area contributed by atoms with E-state index in [9.17, 15) is 14.4 Å². The van der Waals surface area contributed by atoms with E-state index in [0.29, 0.717) is 6.29 Å². The first-order valence-electron chi connectivity index (χ1n) is 10.2. The van der Waals surface area contributed by atoms with Crippen LogP contribution in [0, 0.1) is 0 Å². The first-order chi connectivity index (χ1) is 12.9. The van der Waals surface area contributed by atoms with Gasteiger partial charge in [0, 0.05) is 6.42 Å². The maximum absolute atomic E-state index is 12.8. The number of carbonyl (C=O) groups excluding carboxylic acids is 3. The Bertz CT molecular complexity index is 632. The van der Waals surface area contributed by atoms with Crippen molar-refractivity contribution in [3.05, 3.63) is 0 Å². The Labute approximate surface area is 176 Å².